The van der Waals surface area contributed by atoms with Crippen LogP contribution in [0.5, 0.6) is 0 Å². The number of aromatic nitrogens is 1. The smallest absolute Gasteiger partial charge is 0.138 e. The third kappa shape index (κ3) is 4.69. The van der Waals surface area contributed by atoms with Gasteiger partial charge in [-0.3, -0.25) is 4.90 Å². The van der Waals surface area contributed by atoms with E-state index in [1.807, 2.05) is 13.8 Å². The molecule has 3 rings (SSSR count). The Morgan fingerprint density at radius 2 is 1.76 bits per heavy atom. The van der Waals surface area contributed by atoms with Crippen LogP contribution in [0.2, 0.25) is 0 Å². The van der Waals surface area contributed by atoms with Crippen LogP contribution in [0.15, 0.2) is 28.8 Å². The van der Waals surface area contributed by atoms with Crippen molar-refractivity contribution in [3.05, 3.63) is 52.4 Å². The third-order valence-electron chi connectivity index (χ3n) is 4.81. The molecular formula is C20H29N3O2. The van der Waals surface area contributed by atoms with Gasteiger partial charge in [-0.05, 0) is 38.8 Å². The molecule has 0 radical (unpaired) electrons. The van der Waals surface area contributed by atoms with E-state index in [9.17, 15) is 0 Å². The van der Waals surface area contributed by atoms with Crippen LogP contribution in [0.1, 0.15) is 42.0 Å². The van der Waals surface area contributed by atoms with E-state index >= 15 is 0 Å². The second-order valence-electron chi connectivity index (χ2n) is 7.13. The number of aryl methyl sites for hydroxylation is 2. The van der Waals surface area contributed by atoms with Crippen LogP contribution in [0.4, 0.5) is 0 Å². The minimum absolute atomic E-state index is 0.300. The molecule has 1 saturated heterocycles. The van der Waals surface area contributed by atoms with E-state index < -0.39 is 0 Å². The molecule has 0 saturated carbocycles. The van der Waals surface area contributed by atoms with Crippen LogP contribution in [-0.4, -0.2) is 35.4 Å². The van der Waals surface area contributed by atoms with E-state index in [-0.39, 0.29) is 0 Å². The lowest BCUT2D eigenvalue weighted by molar-refractivity contribution is -0.0705. The zero-order valence-electron chi connectivity index (χ0n) is 15.7. The van der Waals surface area contributed by atoms with Gasteiger partial charge < -0.3 is 14.6 Å². The molecule has 0 bridgehead atoms. The molecule has 1 aromatic carbocycles. The van der Waals surface area contributed by atoms with Gasteiger partial charge in [0.25, 0.3) is 0 Å². The predicted octanol–water partition coefficient (Wildman–Crippen LogP) is 3.19. The van der Waals surface area contributed by atoms with Gasteiger partial charge >= 0.3 is 0 Å². The third-order valence-corrected chi connectivity index (χ3v) is 4.81. The highest BCUT2D eigenvalue weighted by Crippen LogP contribution is 2.17. The summed E-state index contributed by atoms with van der Waals surface area (Å²) in [4.78, 5) is 2.49. The van der Waals surface area contributed by atoms with E-state index in [1.54, 1.807) is 0 Å². The summed E-state index contributed by atoms with van der Waals surface area (Å²) < 4.78 is 11.1. The molecule has 2 atom stereocenters. The zero-order valence-corrected chi connectivity index (χ0v) is 15.7. The molecule has 1 N–H and O–H groups in total. The summed E-state index contributed by atoms with van der Waals surface area (Å²) in [6, 6.07) is 8.68. The van der Waals surface area contributed by atoms with Gasteiger partial charge in [0.05, 0.1) is 17.9 Å². The maximum Gasteiger partial charge on any atom is 0.138 e. The summed E-state index contributed by atoms with van der Waals surface area (Å²) >= 11 is 0. The first kappa shape index (κ1) is 18.1. The van der Waals surface area contributed by atoms with Gasteiger partial charge in [-0.2, -0.15) is 0 Å². The summed E-state index contributed by atoms with van der Waals surface area (Å²) in [7, 11) is 0. The molecule has 0 spiro atoms. The SMILES string of the molecule is Cc1noc(C)c1CNCc1ccccc1CN1CC(C)OC(C)C1. The van der Waals surface area contributed by atoms with Crippen molar-refractivity contribution in [2.24, 2.45) is 0 Å². The summed E-state index contributed by atoms with van der Waals surface area (Å²) in [5, 5.41) is 7.56. The highest BCUT2D eigenvalue weighted by Gasteiger charge is 2.22. The first-order valence-electron chi connectivity index (χ1n) is 9.10. The number of hydrogen-bond donors (Lipinski definition) is 1. The van der Waals surface area contributed by atoms with Crippen molar-refractivity contribution in [2.75, 3.05) is 13.1 Å². The van der Waals surface area contributed by atoms with Crippen molar-refractivity contribution < 1.29 is 9.26 Å². The van der Waals surface area contributed by atoms with Crippen molar-refractivity contribution in [3.63, 3.8) is 0 Å². The van der Waals surface area contributed by atoms with Crippen LogP contribution in [0.25, 0.3) is 0 Å². The molecule has 0 aliphatic carbocycles. The fourth-order valence-electron chi connectivity index (χ4n) is 3.62. The molecular weight excluding hydrogens is 314 g/mol. The lowest BCUT2D eigenvalue weighted by atomic mass is 10.1. The van der Waals surface area contributed by atoms with Crippen molar-refractivity contribution in [1.29, 1.82) is 0 Å². The van der Waals surface area contributed by atoms with Gasteiger partial charge in [-0.15, -0.1) is 0 Å². The summed E-state index contributed by atoms with van der Waals surface area (Å²) in [5.41, 5.74) is 4.86. The van der Waals surface area contributed by atoms with Crippen molar-refractivity contribution in [3.8, 4) is 0 Å². The Bertz CT molecular complexity index is 668. The minimum atomic E-state index is 0.300. The quantitative estimate of drug-likeness (QED) is 0.873. The lowest BCUT2D eigenvalue weighted by Gasteiger charge is -2.35. The van der Waals surface area contributed by atoms with E-state index in [4.69, 9.17) is 9.26 Å². The van der Waals surface area contributed by atoms with Crippen LogP contribution in [0.3, 0.4) is 0 Å². The molecule has 2 heterocycles. The van der Waals surface area contributed by atoms with Crippen LogP contribution in [0, 0.1) is 13.8 Å². The number of rotatable bonds is 6. The Labute approximate surface area is 150 Å². The van der Waals surface area contributed by atoms with E-state index in [0.717, 1.165) is 49.7 Å². The predicted molar refractivity (Wildman–Crippen MR) is 98.2 cm³/mol. The van der Waals surface area contributed by atoms with Crippen LogP contribution >= 0.6 is 0 Å². The normalized spacial score (nSPS) is 21.6. The van der Waals surface area contributed by atoms with Crippen LogP contribution < -0.4 is 5.32 Å². The monoisotopic (exact) mass is 343 g/mol. The Hall–Kier alpha value is -1.69. The van der Waals surface area contributed by atoms with E-state index in [2.05, 4.69) is 53.5 Å². The van der Waals surface area contributed by atoms with Crippen molar-refractivity contribution in [2.45, 2.75) is 59.5 Å². The molecule has 2 unspecified atom stereocenters. The summed E-state index contributed by atoms with van der Waals surface area (Å²) in [6.07, 6.45) is 0.599. The molecule has 1 aromatic heterocycles. The van der Waals surface area contributed by atoms with Gasteiger partial charge in [0.1, 0.15) is 5.76 Å². The highest BCUT2D eigenvalue weighted by molar-refractivity contribution is 5.27. The number of nitrogens with zero attached hydrogens (tertiary/aromatic N) is 2. The van der Waals surface area contributed by atoms with Crippen molar-refractivity contribution >= 4 is 0 Å². The summed E-state index contributed by atoms with van der Waals surface area (Å²) in [6.45, 7) is 12.8. The molecule has 1 aliphatic rings. The fraction of sp³-hybridized carbons (Fsp3) is 0.550. The number of morpholine rings is 1. The van der Waals surface area contributed by atoms with Gasteiger partial charge in [0.15, 0.2) is 0 Å². The van der Waals surface area contributed by atoms with Gasteiger partial charge in [0, 0.05) is 38.3 Å². The topological polar surface area (TPSA) is 50.5 Å². The van der Waals surface area contributed by atoms with Gasteiger partial charge in [-0.1, -0.05) is 29.4 Å². The number of ether oxygens (including phenoxy) is 1. The van der Waals surface area contributed by atoms with E-state index in [0.29, 0.717) is 12.2 Å². The molecule has 0 amide bonds. The Balaban J connectivity index is 1.61. The fourth-order valence-corrected chi connectivity index (χ4v) is 3.62. The first-order valence-corrected chi connectivity index (χ1v) is 9.10. The largest absolute Gasteiger partial charge is 0.373 e. The molecule has 5 heteroatoms. The minimum Gasteiger partial charge on any atom is -0.373 e. The Morgan fingerprint density at radius 3 is 2.40 bits per heavy atom. The second-order valence-corrected chi connectivity index (χ2v) is 7.13. The highest BCUT2D eigenvalue weighted by atomic mass is 16.5. The average molecular weight is 343 g/mol. The van der Waals surface area contributed by atoms with Crippen molar-refractivity contribution in [1.82, 2.24) is 15.4 Å². The van der Waals surface area contributed by atoms with Gasteiger partial charge in [0.2, 0.25) is 0 Å². The molecule has 136 valence electrons. The van der Waals surface area contributed by atoms with Gasteiger partial charge in [-0.25, -0.2) is 0 Å². The second kappa shape index (κ2) is 8.13. The van der Waals surface area contributed by atoms with E-state index in [1.165, 1.54) is 11.1 Å². The lowest BCUT2D eigenvalue weighted by Crippen LogP contribution is -2.45. The number of hydrogen-bond acceptors (Lipinski definition) is 5. The molecule has 5 nitrogen and oxygen atoms in total. The summed E-state index contributed by atoms with van der Waals surface area (Å²) in [5.74, 6) is 0.898. The molecule has 2 aromatic rings. The van der Waals surface area contributed by atoms with Crippen LogP contribution in [-0.2, 0) is 24.4 Å². The Kier molecular flexibility index (Phi) is 5.89. The number of benzene rings is 1. The molecule has 1 aliphatic heterocycles. The first-order chi connectivity index (χ1) is 12.0. The zero-order chi connectivity index (χ0) is 17.8. The maximum atomic E-state index is 5.84. The maximum absolute atomic E-state index is 5.84. The molecule has 25 heavy (non-hydrogen) atoms. The Morgan fingerprint density at radius 1 is 1.08 bits per heavy atom. The number of nitrogens with one attached hydrogen (secondary N) is 1. The molecule has 1 fully saturated rings. The average Bonchev–Trinajstić information content (AvgIpc) is 2.87. The standard InChI is InChI=1S/C20H29N3O2/c1-14-11-23(12-15(2)24-14)13-19-8-6-5-7-18(19)9-21-10-20-16(3)22-25-17(20)4/h5-8,14-15,21H,9-13H2,1-4H3.